The molecule has 3 aromatic heterocycles. The second-order valence-electron chi connectivity index (χ2n) is 7.43. The summed E-state index contributed by atoms with van der Waals surface area (Å²) in [5.74, 6) is 0.666. The predicted octanol–water partition coefficient (Wildman–Crippen LogP) is 5.51. The van der Waals surface area contributed by atoms with E-state index in [0.717, 1.165) is 51.9 Å². The standard InChI is InChI=1S/C23H24N4/c1-16(2)10-12-27-15-20(14-25-27)21-9-6-17(3)26-23(21)19-8-7-18-5-4-11-24-22(18)13-19/h4-9,11,13-16H,10,12H2,1-3H3. The fourth-order valence-corrected chi connectivity index (χ4v) is 3.24. The van der Waals surface area contributed by atoms with Gasteiger partial charge in [-0.3, -0.25) is 14.6 Å². The number of hydrogen-bond donors (Lipinski definition) is 0. The van der Waals surface area contributed by atoms with Crippen molar-refractivity contribution in [3.05, 3.63) is 66.7 Å². The van der Waals surface area contributed by atoms with Crippen molar-refractivity contribution in [3.8, 4) is 22.4 Å². The number of nitrogens with zero attached hydrogens (tertiary/aromatic N) is 4. The van der Waals surface area contributed by atoms with Crippen LogP contribution in [0.3, 0.4) is 0 Å². The number of aryl methyl sites for hydroxylation is 2. The van der Waals surface area contributed by atoms with Gasteiger partial charge in [0.15, 0.2) is 0 Å². The van der Waals surface area contributed by atoms with Crippen molar-refractivity contribution in [3.63, 3.8) is 0 Å². The molecule has 0 aliphatic heterocycles. The summed E-state index contributed by atoms with van der Waals surface area (Å²) in [6.45, 7) is 7.44. The summed E-state index contributed by atoms with van der Waals surface area (Å²) < 4.78 is 2.03. The zero-order chi connectivity index (χ0) is 18.8. The van der Waals surface area contributed by atoms with Gasteiger partial charge in [0.25, 0.3) is 0 Å². The molecule has 1 aromatic carbocycles. The van der Waals surface area contributed by atoms with Crippen LogP contribution >= 0.6 is 0 Å². The van der Waals surface area contributed by atoms with E-state index in [-0.39, 0.29) is 0 Å². The maximum absolute atomic E-state index is 4.85. The first kappa shape index (κ1) is 17.4. The lowest BCUT2D eigenvalue weighted by Gasteiger charge is -2.10. The van der Waals surface area contributed by atoms with Gasteiger partial charge >= 0.3 is 0 Å². The topological polar surface area (TPSA) is 43.6 Å². The minimum atomic E-state index is 0.666. The van der Waals surface area contributed by atoms with E-state index in [1.165, 1.54) is 0 Å². The largest absolute Gasteiger partial charge is 0.272 e. The van der Waals surface area contributed by atoms with Crippen LogP contribution in [0.1, 0.15) is 26.0 Å². The van der Waals surface area contributed by atoms with Crippen molar-refractivity contribution >= 4 is 10.9 Å². The Morgan fingerprint density at radius 2 is 1.93 bits per heavy atom. The van der Waals surface area contributed by atoms with Gasteiger partial charge in [0, 0.05) is 46.7 Å². The number of pyridine rings is 2. The quantitative estimate of drug-likeness (QED) is 0.473. The molecule has 3 heterocycles. The molecule has 0 N–H and O–H groups in total. The average molecular weight is 356 g/mol. The molecule has 0 radical (unpaired) electrons. The van der Waals surface area contributed by atoms with Gasteiger partial charge in [0.05, 0.1) is 17.4 Å². The second-order valence-corrected chi connectivity index (χ2v) is 7.43. The highest BCUT2D eigenvalue weighted by atomic mass is 15.3. The van der Waals surface area contributed by atoms with E-state index in [4.69, 9.17) is 4.98 Å². The highest BCUT2D eigenvalue weighted by Gasteiger charge is 2.12. The first-order valence-electron chi connectivity index (χ1n) is 9.46. The van der Waals surface area contributed by atoms with Crippen molar-refractivity contribution < 1.29 is 0 Å². The normalized spacial score (nSPS) is 11.4. The maximum atomic E-state index is 4.85. The van der Waals surface area contributed by atoms with Crippen LogP contribution in [0.15, 0.2) is 61.1 Å². The second kappa shape index (κ2) is 7.31. The molecular formula is C23H24N4. The summed E-state index contributed by atoms with van der Waals surface area (Å²) in [5, 5.41) is 5.68. The van der Waals surface area contributed by atoms with Crippen LogP contribution in [0.5, 0.6) is 0 Å². The summed E-state index contributed by atoms with van der Waals surface area (Å²) in [5.41, 5.74) is 6.24. The molecule has 0 saturated carbocycles. The molecule has 4 aromatic rings. The smallest absolute Gasteiger partial charge is 0.0785 e. The molecule has 0 spiro atoms. The van der Waals surface area contributed by atoms with Gasteiger partial charge in [-0.1, -0.05) is 38.1 Å². The van der Waals surface area contributed by atoms with Crippen LogP contribution in [0.4, 0.5) is 0 Å². The third-order valence-corrected chi connectivity index (χ3v) is 4.79. The van der Waals surface area contributed by atoms with Gasteiger partial charge in [0.1, 0.15) is 0 Å². The minimum Gasteiger partial charge on any atom is -0.272 e. The van der Waals surface area contributed by atoms with Gasteiger partial charge in [-0.15, -0.1) is 0 Å². The lowest BCUT2D eigenvalue weighted by molar-refractivity contribution is 0.487. The van der Waals surface area contributed by atoms with E-state index in [0.29, 0.717) is 5.92 Å². The first-order chi connectivity index (χ1) is 13.1. The lowest BCUT2D eigenvalue weighted by atomic mass is 10.00. The number of fused-ring (bicyclic) bond motifs is 1. The fourth-order valence-electron chi connectivity index (χ4n) is 3.24. The monoisotopic (exact) mass is 356 g/mol. The molecule has 0 atom stereocenters. The number of aromatic nitrogens is 4. The van der Waals surface area contributed by atoms with Gasteiger partial charge in [-0.2, -0.15) is 5.10 Å². The van der Waals surface area contributed by atoms with E-state index < -0.39 is 0 Å². The molecule has 4 heteroatoms. The Labute approximate surface area is 159 Å². The fraction of sp³-hybridized carbons (Fsp3) is 0.261. The van der Waals surface area contributed by atoms with E-state index in [2.05, 4.69) is 66.5 Å². The molecule has 0 unspecified atom stereocenters. The Bertz CT molecular complexity index is 1080. The zero-order valence-corrected chi connectivity index (χ0v) is 16.1. The highest BCUT2D eigenvalue weighted by molar-refractivity contribution is 5.87. The molecule has 0 bridgehead atoms. The summed E-state index contributed by atoms with van der Waals surface area (Å²) in [7, 11) is 0. The number of hydrogen-bond acceptors (Lipinski definition) is 3. The molecule has 0 fully saturated rings. The summed E-state index contributed by atoms with van der Waals surface area (Å²) >= 11 is 0. The summed E-state index contributed by atoms with van der Waals surface area (Å²) in [6, 6.07) is 14.6. The molecule has 27 heavy (non-hydrogen) atoms. The van der Waals surface area contributed by atoms with Crippen LogP contribution in [0.2, 0.25) is 0 Å². The van der Waals surface area contributed by atoms with E-state index in [1.807, 2.05) is 30.1 Å². The van der Waals surface area contributed by atoms with E-state index in [9.17, 15) is 0 Å². The lowest BCUT2D eigenvalue weighted by Crippen LogP contribution is -2.01. The summed E-state index contributed by atoms with van der Waals surface area (Å²) in [6.07, 6.45) is 7.01. The van der Waals surface area contributed by atoms with E-state index in [1.54, 1.807) is 0 Å². The summed E-state index contributed by atoms with van der Waals surface area (Å²) in [4.78, 5) is 9.34. The molecule has 4 nitrogen and oxygen atoms in total. The van der Waals surface area contributed by atoms with Crippen molar-refractivity contribution in [2.45, 2.75) is 33.7 Å². The Kier molecular flexibility index (Phi) is 4.71. The molecule has 0 aliphatic carbocycles. The SMILES string of the molecule is Cc1ccc(-c2cnn(CCC(C)C)c2)c(-c2ccc3cccnc3c2)n1. The minimum absolute atomic E-state index is 0.666. The predicted molar refractivity (Wildman–Crippen MR) is 110 cm³/mol. The van der Waals surface area contributed by atoms with Crippen LogP contribution in [-0.2, 0) is 6.54 Å². The number of rotatable bonds is 5. The Morgan fingerprint density at radius 3 is 2.78 bits per heavy atom. The molecule has 0 saturated heterocycles. The van der Waals surface area contributed by atoms with Crippen molar-refractivity contribution in [1.29, 1.82) is 0 Å². The Balaban J connectivity index is 1.76. The maximum Gasteiger partial charge on any atom is 0.0785 e. The molecular weight excluding hydrogens is 332 g/mol. The zero-order valence-electron chi connectivity index (χ0n) is 16.1. The molecule has 4 rings (SSSR count). The third-order valence-electron chi connectivity index (χ3n) is 4.79. The Hall–Kier alpha value is -3.01. The third kappa shape index (κ3) is 3.75. The van der Waals surface area contributed by atoms with Crippen LogP contribution < -0.4 is 0 Å². The van der Waals surface area contributed by atoms with Crippen molar-refractivity contribution in [2.24, 2.45) is 5.92 Å². The average Bonchev–Trinajstić information content (AvgIpc) is 3.15. The first-order valence-corrected chi connectivity index (χ1v) is 9.46. The number of benzene rings is 1. The van der Waals surface area contributed by atoms with Gasteiger partial charge in [0.2, 0.25) is 0 Å². The molecule has 136 valence electrons. The van der Waals surface area contributed by atoms with Gasteiger partial charge in [-0.25, -0.2) is 0 Å². The van der Waals surface area contributed by atoms with Crippen molar-refractivity contribution in [2.75, 3.05) is 0 Å². The van der Waals surface area contributed by atoms with Crippen LogP contribution in [-0.4, -0.2) is 19.7 Å². The van der Waals surface area contributed by atoms with Crippen LogP contribution in [0.25, 0.3) is 33.3 Å². The van der Waals surface area contributed by atoms with Crippen LogP contribution in [0, 0.1) is 12.8 Å². The highest BCUT2D eigenvalue weighted by Crippen LogP contribution is 2.32. The van der Waals surface area contributed by atoms with Gasteiger partial charge < -0.3 is 0 Å². The Morgan fingerprint density at radius 1 is 1.04 bits per heavy atom. The van der Waals surface area contributed by atoms with Gasteiger partial charge in [-0.05, 0) is 37.5 Å². The van der Waals surface area contributed by atoms with Crippen molar-refractivity contribution in [1.82, 2.24) is 19.7 Å². The van der Waals surface area contributed by atoms with E-state index >= 15 is 0 Å². The molecule has 0 aliphatic rings. The molecule has 0 amide bonds.